The van der Waals surface area contributed by atoms with Gasteiger partial charge in [0.05, 0.1) is 4.92 Å². The van der Waals surface area contributed by atoms with Crippen molar-refractivity contribution in [3.05, 3.63) is 33.3 Å². The number of nitro groups is 1. The second-order valence-electron chi connectivity index (χ2n) is 2.79. The molecule has 9 heteroatoms. The van der Waals surface area contributed by atoms with Crippen LogP contribution in [0.2, 0.25) is 5.02 Å². The highest BCUT2D eigenvalue weighted by Crippen LogP contribution is 2.30. The second kappa shape index (κ2) is 4.50. The first-order valence-corrected chi connectivity index (χ1v) is 4.36. The highest BCUT2D eigenvalue weighted by molar-refractivity contribution is 6.32. The van der Waals surface area contributed by atoms with Crippen LogP contribution < -0.4 is 4.74 Å². The fourth-order valence-electron chi connectivity index (χ4n) is 0.891. The van der Waals surface area contributed by atoms with Crippen molar-refractivity contribution in [2.75, 3.05) is 0 Å². The van der Waals surface area contributed by atoms with Gasteiger partial charge in [0.2, 0.25) is 0 Å². The highest BCUT2D eigenvalue weighted by Gasteiger charge is 2.42. The highest BCUT2D eigenvalue weighted by atomic mass is 35.5. The van der Waals surface area contributed by atoms with Gasteiger partial charge in [-0.15, -0.1) is 0 Å². The molecular weight excluding hydrogens is 264 g/mol. The van der Waals surface area contributed by atoms with Gasteiger partial charge in [0, 0.05) is 12.1 Å². The number of hydrogen-bond donors (Lipinski definition) is 1. The lowest BCUT2D eigenvalue weighted by molar-refractivity contribution is -0.384. The monoisotopic (exact) mass is 267 g/mol. The molecule has 92 valence electrons. The quantitative estimate of drug-likeness (QED) is 0.668. The van der Waals surface area contributed by atoms with Crippen molar-refractivity contribution in [3.63, 3.8) is 0 Å². The summed E-state index contributed by atoms with van der Waals surface area (Å²) < 4.78 is 29.1. The molecule has 0 spiro atoms. The lowest BCUT2D eigenvalue weighted by Gasteiger charge is -2.12. The number of ether oxygens (including phenoxy) is 1. The zero-order valence-corrected chi connectivity index (χ0v) is 8.65. The summed E-state index contributed by atoms with van der Waals surface area (Å²) in [6.07, 6.45) is -4.43. The van der Waals surface area contributed by atoms with Crippen molar-refractivity contribution < 1.29 is 28.3 Å². The Kier molecular flexibility index (Phi) is 3.47. The zero-order valence-electron chi connectivity index (χ0n) is 7.89. The van der Waals surface area contributed by atoms with E-state index in [0.717, 1.165) is 18.2 Å². The molecule has 0 aliphatic carbocycles. The van der Waals surface area contributed by atoms with Crippen molar-refractivity contribution in [3.8, 4) is 5.75 Å². The topological polar surface area (TPSA) is 89.7 Å². The SMILES string of the molecule is O=C(O)C(F)(F)Oc1ccc([N+](=O)[O-])c(Cl)c1. The molecule has 0 bridgehead atoms. The van der Waals surface area contributed by atoms with Crippen LogP contribution in [0.25, 0.3) is 0 Å². The summed E-state index contributed by atoms with van der Waals surface area (Å²) in [6.45, 7) is 0. The van der Waals surface area contributed by atoms with Crippen LogP contribution in [0, 0.1) is 10.1 Å². The maximum atomic E-state index is 12.6. The van der Waals surface area contributed by atoms with Crippen LogP contribution in [0.5, 0.6) is 5.75 Å². The first-order valence-electron chi connectivity index (χ1n) is 3.98. The number of nitro benzene ring substituents is 1. The van der Waals surface area contributed by atoms with Gasteiger partial charge >= 0.3 is 12.1 Å². The fraction of sp³-hybridized carbons (Fsp3) is 0.125. The molecule has 17 heavy (non-hydrogen) atoms. The van der Waals surface area contributed by atoms with Crippen molar-refractivity contribution in [2.45, 2.75) is 6.11 Å². The average Bonchev–Trinajstić information content (AvgIpc) is 2.15. The lowest BCUT2D eigenvalue weighted by Crippen LogP contribution is -2.34. The van der Waals surface area contributed by atoms with Gasteiger partial charge in [0.15, 0.2) is 0 Å². The Hall–Kier alpha value is -1.96. The van der Waals surface area contributed by atoms with Crippen LogP contribution in [0.1, 0.15) is 0 Å². The zero-order chi connectivity index (χ0) is 13.2. The Labute approximate surface area is 97.5 Å². The van der Waals surface area contributed by atoms with Crippen molar-refractivity contribution in [1.82, 2.24) is 0 Å². The Morgan fingerprint density at radius 1 is 1.53 bits per heavy atom. The summed E-state index contributed by atoms with van der Waals surface area (Å²) in [6, 6.07) is 2.38. The maximum absolute atomic E-state index is 12.6. The van der Waals surface area contributed by atoms with Crippen molar-refractivity contribution >= 4 is 23.3 Å². The number of alkyl halides is 2. The molecule has 0 atom stereocenters. The van der Waals surface area contributed by atoms with E-state index in [1.165, 1.54) is 0 Å². The third kappa shape index (κ3) is 3.00. The number of nitrogens with zero attached hydrogens (tertiary/aromatic N) is 1. The molecule has 0 saturated carbocycles. The Morgan fingerprint density at radius 2 is 2.12 bits per heavy atom. The molecule has 0 unspecified atom stereocenters. The van der Waals surface area contributed by atoms with Crippen LogP contribution >= 0.6 is 11.6 Å². The van der Waals surface area contributed by atoms with E-state index in [0.29, 0.717) is 0 Å². The maximum Gasteiger partial charge on any atom is 0.501 e. The molecule has 1 N–H and O–H groups in total. The minimum absolute atomic E-state index is 0.436. The summed E-state index contributed by atoms with van der Waals surface area (Å²) in [5, 5.41) is 18.0. The first-order chi connectivity index (χ1) is 7.74. The van der Waals surface area contributed by atoms with Gasteiger partial charge in [-0.05, 0) is 6.07 Å². The molecular formula is C8H4ClF2NO5. The van der Waals surface area contributed by atoms with Gasteiger partial charge in [-0.2, -0.15) is 8.78 Å². The van der Waals surface area contributed by atoms with E-state index < -0.39 is 33.5 Å². The fourth-order valence-corrected chi connectivity index (χ4v) is 1.13. The van der Waals surface area contributed by atoms with E-state index in [4.69, 9.17) is 16.7 Å². The minimum atomic E-state index is -4.43. The standard InChI is InChI=1S/C8H4ClF2NO5/c9-5-3-4(1-2-6(5)12(15)16)17-8(10,11)7(13)14/h1-3H,(H,13,14). The third-order valence-electron chi connectivity index (χ3n) is 1.61. The van der Waals surface area contributed by atoms with Gasteiger partial charge in [0.25, 0.3) is 5.69 Å². The Morgan fingerprint density at radius 3 is 2.53 bits per heavy atom. The van der Waals surface area contributed by atoms with E-state index in [1.54, 1.807) is 0 Å². The van der Waals surface area contributed by atoms with Crippen LogP contribution in [-0.2, 0) is 4.79 Å². The van der Waals surface area contributed by atoms with Crippen LogP contribution in [0.4, 0.5) is 14.5 Å². The predicted octanol–water partition coefficient (Wildman–Crippen LogP) is 2.30. The molecule has 0 aromatic heterocycles. The van der Waals surface area contributed by atoms with Gasteiger partial charge in [0.1, 0.15) is 10.8 Å². The van der Waals surface area contributed by atoms with Gasteiger partial charge < -0.3 is 9.84 Å². The van der Waals surface area contributed by atoms with E-state index in [2.05, 4.69) is 4.74 Å². The Bertz CT molecular complexity index is 479. The first kappa shape index (κ1) is 13.1. The smallest absolute Gasteiger partial charge is 0.474 e. The van der Waals surface area contributed by atoms with Crippen LogP contribution in [0.3, 0.4) is 0 Å². The number of rotatable bonds is 4. The van der Waals surface area contributed by atoms with Crippen molar-refractivity contribution in [2.24, 2.45) is 0 Å². The summed E-state index contributed by atoms with van der Waals surface area (Å²) in [7, 11) is 0. The van der Waals surface area contributed by atoms with Gasteiger partial charge in [-0.3, -0.25) is 10.1 Å². The molecule has 0 aliphatic heterocycles. The van der Waals surface area contributed by atoms with E-state index in [1.807, 2.05) is 0 Å². The Balaban J connectivity index is 2.99. The van der Waals surface area contributed by atoms with Gasteiger partial charge in [-0.25, -0.2) is 4.79 Å². The summed E-state index contributed by atoms with van der Waals surface area (Å²) in [4.78, 5) is 19.6. The largest absolute Gasteiger partial charge is 0.501 e. The predicted molar refractivity (Wildman–Crippen MR) is 51.3 cm³/mol. The van der Waals surface area contributed by atoms with Crippen LogP contribution in [0.15, 0.2) is 18.2 Å². The molecule has 1 rings (SSSR count). The molecule has 0 fully saturated rings. The number of carbonyl (C=O) groups is 1. The number of aliphatic carboxylic acids is 1. The normalized spacial score (nSPS) is 11.0. The average molecular weight is 268 g/mol. The third-order valence-corrected chi connectivity index (χ3v) is 1.91. The van der Waals surface area contributed by atoms with Crippen LogP contribution in [-0.4, -0.2) is 22.1 Å². The molecule has 0 saturated heterocycles. The van der Waals surface area contributed by atoms with Gasteiger partial charge in [-0.1, -0.05) is 11.6 Å². The summed E-state index contributed by atoms with van der Waals surface area (Å²) in [5.74, 6) is -3.07. The number of benzene rings is 1. The number of halogens is 3. The van der Waals surface area contributed by atoms with Crippen molar-refractivity contribution in [1.29, 1.82) is 0 Å². The van der Waals surface area contributed by atoms with E-state index in [9.17, 15) is 23.7 Å². The van der Waals surface area contributed by atoms with E-state index >= 15 is 0 Å². The van der Waals surface area contributed by atoms with E-state index in [-0.39, 0.29) is 0 Å². The summed E-state index contributed by atoms with van der Waals surface area (Å²) in [5.41, 5.74) is -0.502. The molecule has 0 amide bonds. The lowest BCUT2D eigenvalue weighted by atomic mass is 10.3. The molecule has 0 aliphatic rings. The number of carboxylic acid groups (broad SMARTS) is 1. The molecule has 1 aromatic rings. The number of carboxylic acids is 1. The molecule has 6 nitrogen and oxygen atoms in total. The molecule has 1 aromatic carbocycles. The number of hydrogen-bond acceptors (Lipinski definition) is 4. The molecule has 0 heterocycles. The minimum Gasteiger partial charge on any atom is -0.474 e. The summed E-state index contributed by atoms with van der Waals surface area (Å²) >= 11 is 5.42. The molecule has 0 radical (unpaired) electrons. The second-order valence-corrected chi connectivity index (χ2v) is 3.20.